The molecule has 0 aliphatic heterocycles. The maximum absolute atomic E-state index is 11.9. The number of carbonyl (C=O) groups is 1. The fraction of sp³-hybridized carbons (Fsp3) is 0.231. The molecule has 2 rings (SSSR count). The second kappa shape index (κ2) is 5.01. The van der Waals surface area contributed by atoms with Gasteiger partial charge in [0.05, 0.1) is 5.69 Å². The summed E-state index contributed by atoms with van der Waals surface area (Å²) < 4.78 is 0. The van der Waals surface area contributed by atoms with E-state index in [4.69, 9.17) is 5.73 Å². The van der Waals surface area contributed by atoms with E-state index >= 15 is 0 Å². The van der Waals surface area contributed by atoms with E-state index in [0.717, 1.165) is 5.69 Å². The summed E-state index contributed by atoms with van der Waals surface area (Å²) in [6.07, 6.45) is 0. The minimum absolute atomic E-state index is 0.113. The standard InChI is InChI=1S/C13H16N4O2/c1-7(2)10-6-12(17-16-10)15-13(19)8-3-4-9(14)11(18)5-8/h3-7,18H,14H2,1-2H3,(H2,15,16,17,19). The highest BCUT2D eigenvalue weighted by atomic mass is 16.3. The zero-order chi connectivity index (χ0) is 14.0. The van der Waals surface area contributed by atoms with Crippen molar-refractivity contribution in [1.82, 2.24) is 10.2 Å². The lowest BCUT2D eigenvalue weighted by atomic mass is 10.1. The molecule has 0 aliphatic rings. The summed E-state index contributed by atoms with van der Waals surface area (Å²) in [5.74, 6) is 0.290. The van der Waals surface area contributed by atoms with E-state index in [1.807, 2.05) is 13.8 Å². The predicted molar refractivity (Wildman–Crippen MR) is 73.1 cm³/mol. The average molecular weight is 260 g/mol. The van der Waals surface area contributed by atoms with E-state index in [0.29, 0.717) is 17.3 Å². The Hall–Kier alpha value is -2.50. The lowest BCUT2D eigenvalue weighted by Gasteiger charge is -2.04. The van der Waals surface area contributed by atoms with Gasteiger partial charge >= 0.3 is 0 Å². The van der Waals surface area contributed by atoms with Crippen LogP contribution in [0.2, 0.25) is 0 Å². The lowest BCUT2D eigenvalue weighted by molar-refractivity contribution is 0.102. The summed E-state index contributed by atoms with van der Waals surface area (Å²) >= 11 is 0. The van der Waals surface area contributed by atoms with Gasteiger partial charge in [0.2, 0.25) is 0 Å². The normalized spacial score (nSPS) is 10.7. The molecular weight excluding hydrogens is 244 g/mol. The fourth-order valence-electron chi connectivity index (χ4n) is 1.57. The van der Waals surface area contributed by atoms with Crippen LogP contribution in [-0.2, 0) is 0 Å². The van der Waals surface area contributed by atoms with Gasteiger partial charge in [-0.15, -0.1) is 0 Å². The Morgan fingerprint density at radius 2 is 2.16 bits per heavy atom. The molecule has 100 valence electrons. The predicted octanol–water partition coefficient (Wildman–Crippen LogP) is 2.07. The van der Waals surface area contributed by atoms with E-state index < -0.39 is 0 Å². The number of H-pyrrole nitrogens is 1. The molecule has 1 heterocycles. The Bertz CT molecular complexity index is 604. The molecule has 1 aromatic carbocycles. The summed E-state index contributed by atoms with van der Waals surface area (Å²) in [6, 6.07) is 6.12. The van der Waals surface area contributed by atoms with Crippen molar-refractivity contribution in [2.45, 2.75) is 19.8 Å². The Labute approximate surface area is 110 Å². The van der Waals surface area contributed by atoms with Crippen LogP contribution in [0.3, 0.4) is 0 Å². The molecular formula is C13H16N4O2. The van der Waals surface area contributed by atoms with Crippen LogP contribution in [-0.4, -0.2) is 21.2 Å². The molecule has 0 atom stereocenters. The molecule has 1 aromatic heterocycles. The SMILES string of the molecule is CC(C)c1cc(NC(=O)c2ccc(N)c(O)c2)n[nH]1. The summed E-state index contributed by atoms with van der Waals surface area (Å²) in [6.45, 7) is 4.05. The number of rotatable bonds is 3. The van der Waals surface area contributed by atoms with Gasteiger partial charge in [-0.2, -0.15) is 5.10 Å². The molecule has 0 fully saturated rings. The first kappa shape index (κ1) is 12.9. The highest BCUT2D eigenvalue weighted by Crippen LogP contribution is 2.21. The molecule has 19 heavy (non-hydrogen) atoms. The Morgan fingerprint density at radius 3 is 2.74 bits per heavy atom. The van der Waals surface area contributed by atoms with Crippen LogP contribution in [0.1, 0.15) is 35.8 Å². The van der Waals surface area contributed by atoms with Gasteiger partial charge in [-0.05, 0) is 24.1 Å². The van der Waals surface area contributed by atoms with Crippen molar-refractivity contribution in [3.8, 4) is 5.75 Å². The summed E-state index contributed by atoms with van der Waals surface area (Å²) in [5.41, 5.74) is 6.97. The van der Waals surface area contributed by atoms with Gasteiger partial charge in [0.1, 0.15) is 5.75 Å². The number of nitrogens with two attached hydrogens (primary N) is 1. The second-order valence-electron chi connectivity index (χ2n) is 4.59. The molecule has 0 unspecified atom stereocenters. The number of aromatic nitrogens is 2. The van der Waals surface area contributed by atoms with Crippen LogP contribution in [0.5, 0.6) is 5.75 Å². The number of nitrogen functional groups attached to an aromatic ring is 1. The molecule has 5 N–H and O–H groups in total. The highest BCUT2D eigenvalue weighted by Gasteiger charge is 2.11. The smallest absolute Gasteiger partial charge is 0.257 e. The van der Waals surface area contributed by atoms with Crippen LogP contribution in [0.15, 0.2) is 24.3 Å². The number of phenols is 1. The fourth-order valence-corrected chi connectivity index (χ4v) is 1.57. The van der Waals surface area contributed by atoms with Gasteiger partial charge in [-0.3, -0.25) is 9.89 Å². The molecule has 2 aromatic rings. The number of anilines is 2. The van der Waals surface area contributed by atoms with Gasteiger partial charge in [0.15, 0.2) is 5.82 Å². The van der Waals surface area contributed by atoms with Crippen molar-refractivity contribution in [2.75, 3.05) is 11.1 Å². The average Bonchev–Trinajstić information content (AvgIpc) is 2.81. The number of aromatic amines is 1. The Balaban J connectivity index is 2.13. The third-order valence-corrected chi connectivity index (χ3v) is 2.75. The van der Waals surface area contributed by atoms with Crippen LogP contribution >= 0.6 is 0 Å². The number of carbonyl (C=O) groups excluding carboxylic acids is 1. The number of phenolic OH excluding ortho intramolecular Hbond substituents is 1. The number of nitrogens with zero attached hydrogens (tertiary/aromatic N) is 1. The molecule has 0 aliphatic carbocycles. The zero-order valence-corrected chi connectivity index (χ0v) is 10.8. The number of hydrogen-bond donors (Lipinski definition) is 4. The number of nitrogens with one attached hydrogen (secondary N) is 2. The number of benzene rings is 1. The largest absolute Gasteiger partial charge is 0.506 e. The Kier molecular flexibility index (Phi) is 3.41. The van der Waals surface area contributed by atoms with Crippen molar-refractivity contribution in [1.29, 1.82) is 0 Å². The number of aromatic hydroxyl groups is 1. The van der Waals surface area contributed by atoms with Crippen molar-refractivity contribution in [2.24, 2.45) is 0 Å². The van der Waals surface area contributed by atoms with Crippen molar-refractivity contribution in [3.63, 3.8) is 0 Å². The zero-order valence-electron chi connectivity index (χ0n) is 10.8. The molecule has 0 saturated carbocycles. The number of amides is 1. The first-order chi connectivity index (χ1) is 8.97. The van der Waals surface area contributed by atoms with Crippen LogP contribution < -0.4 is 11.1 Å². The van der Waals surface area contributed by atoms with Crippen molar-refractivity contribution < 1.29 is 9.90 Å². The van der Waals surface area contributed by atoms with Crippen molar-refractivity contribution >= 4 is 17.4 Å². The maximum Gasteiger partial charge on any atom is 0.257 e. The molecule has 0 bridgehead atoms. The topological polar surface area (TPSA) is 104 Å². The van der Waals surface area contributed by atoms with E-state index in [-0.39, 0.29) is 17.3 Å². The second-order valence-corrected chi connectivity index (χ2v) is 4.59. The van der Waals surface area contributed by atoms with Crippen LogP contribution in [0.4, 0.5) is 11.5 Å². The quantitative estimate of drug-likeness (QED) is 0.501. The van der Waals surface area contributed by atoms with E-state index in [1.54, 1.807) is 12.1 Å². The summed E-state index contributed by atoms with van der Waals surface area (Å²) in [4.78, 5) is 11.9. The minimum Gasteiger partial charge on any atom is -0.506 e. The van der Waals surface area contributed by atoms with Gasteiger partial charge in [0.25, 0.3) is 5.91 Å². The minimum atomic E-state index is -0.350. The van der Waals surface area contributed by atoms with Gasteiger partial charge < -0.3 is 16.2 Å². The molecule has 6 nitrogen and oxygen atoms in total. The third-order valence-electron chi connectivity index (χ3n) is 2.75. The maximum atomic E-state index is 11.9. The monoisotopic (exact) mass is 260 g/mol. The van der Waals surface area contributed by atoms with Crippen molar-refractivity contribution in [3.05, 3.63) is 35.5 Å². The molecule has 1 amide bonds. The highest BCUT2D eigenvalue weighted by molar-refractivity contribution is 6.04. The molecule has 6 heteroatoms. The van der Waals surface area contributed by atoms with E-state index in [1.165, 1.54) is 12.1 Å². The van der Waals surface area contributed by atoms with Gasteiger partial charge in [-0.25, -0.2) is 0 Å². The summed E-state index contributed by atoms with van der Waals surface area (Å²) in [7, 11) is 0. The molecule has 0 radical (unpaired) electrons. The first-order valence-corrected chi connectivity index (χ1v) is 5.92. The van der Waals surface area contributed by atoms with E-state index in [9.17, 15) is 9.90 Å². The Morgan fingerprint density at radius 1 is 1.42 bits per heavy atom. The lowest BCUT2D eigenvalue weighted by Crippen LogP contribution is -2.12. The first-order valence-electron chi connectivity index (χ1n) is 5.92. The molecule has 0 spiro atoms. The van der Waals surface area contributed by atoms with Gasteiger partial charge in [0, 0.05) is 17.3 Å². The van der Waals surface area contributed by atoms with Crippen LogP contribution in [0.25, 0.3) is 0 Å². The van der Waals surface area contributed by atoms with Crippen LogP contribution in [0, 0.1) is 0 Å². The number of hydrogen-bond acceptors (Lipinski definition) is 4. The third kappa shape index (κ3) is 2.85. The van der Waals surface area contributed by atoms with E-state index in [2.05, 4.69) is 15.5 Å². The van der Waals surface area contributed by atoms with Gasteiger partial charge in [-0.1, -0.05) is 13.8 Å². The summed E-state index contributed by atoms with van der Waals surface area (Å²) in [5, 5.41) is 19.0. The molecule has 0 saturated heterocycles.